The molecule has 0 aromatic heterocycles. The van der Waals surface area contributed by atoms with Crippen LogP contribution in [0.2, 0.25) is 0 Å². The Balaban J connectivity index is -0.00000000500. The first-order valence-electron chi connectivity index (χ1n) is 0.183. The fourth-order valence-corrected chi connectivity index (χ4v) is 0. The molecule has 0 aromatic rings. The van der Waals surface area contributed by atoms with Crippen LogP contribution in [0.5, 0.6) is 0 Å². The standard InChI is InChI=1S/Na.Nb.H2O.O/h;;1H2;/q+1;;;/p-1. The number of rotatable bonds is 0. The van der Waals surface area contributed by atoms with E-state index in [1.54, 1.807) is 0 Å². The van der Waals surface area contributed by atoms with Gasteiger partial charge in [-0.25, -0.2) is 0 Å². The molecule has 0 saturated carbocycles. The molecule has 1 N–H and O–H groups in total. The average molecular weight is 149 g/mol. The second-order valence-electron chi connectivity index (χ2n) is 0. The Morgan fingerprint density at radius 3 is 1.25 bits per heavy atom. The first-order valence-corrected chi connectivity index (χ1v) is 1.08. The molecule has 2 nitrogen and oxygen atoms in total. The third-order valence-corrected chi connectivity index (χ3v) is 0. The first kappa shape index (κ1) is 17.8. The van der Waals surface area contributed by atoms with Gasteiger partial charge in [0.05, 0.1) is 0 Å². The fourth-order valence-electron chi connectivity index (χ4n) is 0. The van der Waals surface area contributed by atoms with Gasteiger partial charge >= 0.3 is 53.8 Å². The van der Waals surface area contributed by atoms with E-state index in [4.69, 9.17) is 3.25 Å². The van der Waals surface area contributed by atoms with Crippen molar-refractivity contribution in [2.75, 3.05) is 0 Å². The van der Waals surface area contributed by atoms with Crippen molar-refractivity contribution >= 4 is 0 Å². The third kappa shape index (κ3) is 9.72. The zero-order valence-electron chi connectivity index (χ0n) is 2.30. The van der Waals surface area contributed by atoms with E-state index in [1.165, 1.54) is 0 Å². The van der Waals surface area contributed by atoms with Crippen molar-refractivity contribution in [2.24, 2.45) is 0 Å². The zero-order valence-corrected chi connectivity index (χ0v) is 6.50. The molecule has 0 amide bonds. The first-order chi connectivity index (χ1) is 1.00. The molecule has 0 radical (unpaired) electrons. The predicted molar refractivity (Wildman–Crippen MR) is 2.62 cm³/mol. The van der Waals surface area contributed by atoms with E-state index >= 15 is 0 Å². The number of hydrogen-bond acceptors (Lipinski definition) is 2. The summed E-state index contributed by atoms with van der Waals surface area (Å²) in [7, 11) is 0. The zero-order chi connectivity index (χ0) is 2.00. The van der Waals surface area contributed by atoms with Crippen LogP contribution in [0.15, 0.2) is 0 Å². The van der Waals surface area contributed by atoms with Crippen molar-refractivity contribution in [3.63, 3.8) is 0 Å². The van der Waals surface area contributed by atoms with E-state index in [-0.39, 0.29) is 35.0 Å². The monoisotopic (exact) mass is 149 g/mol. The van der Waals surface area contributed by atoms with Crippen LogP contribution in [0.25, 0.3) is 0 Å². The van der Waals surface area contributed by atoms with Crippen LogP contribution in [0.3, 0.4) is 0 Å². The topological polar surface area (TPSA) is 47.1 Å². The second kappa shape index (κ2) is 24.5. The Bertz CT molecular complexity index is 6.00. The van der Waals surface area contributed by atoms with Crippen molar-refractivity contribution in [3.8, 4) is 0 Å². The summed E-state index contributed by atoms with van der Waals surface area (Å²) in [5.74, 6) is 0. The molecule has 0 aromatic carbocycles. The summed E-state index contributed by atoms with van der Waals surface area (Å²) in [4.78, 5) is 0. The summed E-state index contributed by atoms with van der Waals surface area (Å²) in [6.07, 6.45) is 0. The average Bonchev–Trinajstić information content (AvgIpc) is 1.00. The maximum absolute atomic E-state index is 8.30. The fraction of sp³-hybridized carbons (Fsp3) is 0. The van der Waals surface area contributed by atoms with Crippen LogP contribution in [0, 0.1) is 0 Å². The Morgan fingerprint density at radius 1 is 1.25 bits per heavy atom. The number of hydrogen-bond donors (Lipinski definition) is 0. The molecular formula is HNaNbO2. The van der Waals surface area contributed by atoms with E-state index in [9.17, 15) is 0 Å². The SMILES string of the molecule is [Na+].[OH-].[O]=[Nb]. The van der Waals surface area contributed by atoms with Crippen molar-refractivity contribution in [1.29, 1.82) is 0 Å². The van der Waals surface area contributed by atoms with E-state index < -0.39 is 0 Å². The van der Waals surface area contributed by atoms with Crippen LogP contribution in [0.4, 0.5) is 0 Å². The Morgan fingerprint density at radius 2 is 1.25 bits per heavy atom. The van der Waals surface area contributed by atoms with Gasteiger partial charge in [0.1, 0.15) is 0 Å². The summed E-state index contributed by atoms with van der Waals surface area (Å²) in [6.45, 7) is 0. The molecule has 4 heavy (non-hydrogen) atoms. The molecule has 0 saturated heterocycles. The van der Waals surface area contributed by atoms with Crippen LogP contribution < -0.4 is 29.6 Å². The minimum atomic E-state index is 0. The molecule has 0 aliphatic rings. The second-order valence-corrected chi connectivity index (χ2v) is 0. The molecular weight excluding hydrogens is 148 g/mol. The van der Waals surface area contributed by atoms with Gasteiger partial charge in [-0.1, -0.05) is 0 Å². The molecule has 4 heteroatoms. The molecule has 0 atom stereocenters. The summed E-state index contributed by atoms with van der Waals surface area (Å²) >= 11 is 0.500. The maximum atomic E-state index is 8.30. The Kier molecular flexibility index (Phi) is 109. The molecule has 0 aliphatic carbocycles. The van der Waals surface area contributed by atoms with Crippen molar-refractivity contribution in [2.45, 2.75) is 0 Å². The van der Waals surface area contributed by atoms with Gasteiger partial charge in [0.15, 0.2) is 0 Å². The van der Waals surface area contributed by atoms with Crippen molar-refractivity contribution in [3.05, 3.63) is 0 Å². The van der Waals surface area contributed by atoms with Crippen LogP contribution in [-0.2, 0) is 24.3 Å². The van der Waals surface area contributed by atoms with E-state index in [1.807, 2.05) is 0 Å². The van der Waals surface area contributed by atoms with Gasteiger partial charge in [-0.15, -0.1) is 0 Å². The van der Waals surface area contributed by atoms with Crippen LogP contribution in [0.1, 0.15) is 0 Å². The predicted octanol–water partition coefficient (Wildman–Crippen LogP) is -3.29. The molecule has 0 spiro atoms. The Labute approximate surface area is 58.8 Å². The van der Waals surface area contributed by atoms with Crippen molar-refractivity contribution < 1.29 is 59.3 Å². The van der Waals surface area contributed by atoms with Crippen LogP contribution in [-0.4, -0.2) is 5.48 Å². The van der Waals surface area contributed by atoms with Gasteiger partial charge in [0.25, 0.3) is 0 Å². The molecule has 0 fully saturated rings. The van der Waals surface area contributed by atoms with Gasteiger partial charge < -0.3 is 5.48 Å². The molecule has 19 valence electrons. The van der Waals surface area contributed by atoms with Gasteiger partial charge in [-0.05, 0) is 0 Å². The van der Waals surface area contributed by atoms with E-state index in [0.29, 0.717) is 21.0 Å². The van der Waals surface area contributed by atoms with E-state index in [0.717, 1.165) is 0 Å². The molecule has 0 heterocycles. The third-order valence-electron chi connectivity index (χ3n) is 0. The normalized spacial score (nSPS) is 0.750. The quantitative estimate of drug-likeness (QED) is 0.339. The molecule has 0 unspecified atom stereocenters. The Hall–Kier alpha value is 1.50. The summed E-state index contributed by atoms with van der Waals surface area (Å²) < 4.78 is 8.30. The van der Waals surface area contributed by atoms with Gasteiger partial charge in [0, 0.05) is 0 Å². The van der Waals surface area contributed by atoms with Gasteiger partial charge in [0.2, 0.25) is 0 Å². The van der Waals surface area contributed by atoms with E-state index in [2.05, 4.69) is 0 Å². The molecule has 0 aliphatic heterocycles. The molecule has 0 rings (SSSR count). The minimum absolute atomic E-state index is 0. The summed E-state index contributed by atoms with van der Waals surface area (Å²) in [6, 6.07) is 0. The van der Waals surface area contributed by atoms with Crippen molar-refractivity contribution in [1.82, 2.24) is 0 Å². The molecule has 0 bridgehead atoms. The van der Waals surface area contributed by atoms with Crippen LogP contribution >= 0.6 is 0 Å². The van der Waals surface area contributed by atoms with Gasteiger partial charge in [-0.2, -0.15) is 0 Å². The summed E-state index contributed by atoms with van der Waals surface area (Å²) in [5.41, 5.74) is 0. The van der Waals surface area contributed by atoms with Gasteiger partial charge in [-0.3, -0.25) is 0 Å². The summed E-state index contributed by atoms with van der Waals surface area (Å²) in [5, 5.41) is 0.